The van der Waals surface area contributed by atoms with E-state index >= 15 is 0 Å². The minimum Gasteiger partial charge on any atom is -0.489 e. The summed E-state index contributed by atoms with van der Waals surface area (Å²) in [6, 6.07) is 10.7. The maximum Gasteiger partial charge on any atom is 0.122 e. The van der Waals surface area contributed by atoms with E-state index < -0.39 is 0 Å². The predicted octanol–water partition coefficient (Wildman–Crippen LogP) is 3.92. The lowest BCUT2D eigenvalue weighted by atomic mass is 9.94. The third kappa shape index (κ3) is 3.53. The molecule has 21 heavy (non-hydrogen) atoms. The number of hydrogen-bond acceptors (Lipinski definition) is 3. The smallest absolute Gasteiger partial charge is 0.122 e. The van der Waals surface area contributed by atoms with Crippen LogP contribution in [0.3, 0.4) is 0 Å². The van der Waals surface area contributed by atoms with Crippen LogP contribution in [0.25, 0.3) is 10.9 Å². The summed E-state index contributed by atoms with van der Waals surface area (Å²) in [4.78, 5) is 4.41. The summed E-state index contributed by atoms with van der Waals surface area (Å²) in [6.45, 7) is 0. The average Bonchev–Trinajstić information content (AvgIpc) is 2.50. The summed E-state index contributed by atoms with van der Waals surface area (Å²) in [5, 5.41) is 4.60. The standard InChI is InChI=1S/C18H24N2O/c1-19-16-8-4-2-3-5-9-18(16)21-15-11-10-14-7-6-12-20-17(14)13-15/h6-7,10-13,16,18-19H,2-5,8-9H2,1H3. The molecular weight excluding hydrogens is 260 g/mol. The number of ether oxygens (including phenoxy) is 1. The molecule has 3 heteroatoms. The summed E-state index contributed by atoms with van der Waals surface area (Å²) < 4.78 is 6.30. The molecule has 0 bridgehead atoms. The Hall–Kier alpha value is -1.61. The topological polar surface area (TPSA) is 34.1 Å². The van der Waals surface area contributed by atoms with Crippen molar-refractivity contribution in [3.8, 4) is 5.75 Å². The molecule has 112 valence electrons. The Balaban J connectivity index is 1.77. The van der Waals surface area contributed by atoms with Crippen LogP contribution in [0.4, 0.5) is 0 Å². The van der Waals surface area contributed by atoms with Gasteiger partial charge in [0.25, 0.3) is 0 Å². The lowest BCUT2D eigenvalue weighted by molar-refractivity contribution is 0.131. The Morgan fingerprint density at radius 1 is 1.10 bits per heavy atom. The molecule has 3 rings (SSSR count). The van der Waals surface area contributed by atoms with Crippen LogP contribution in [-0.2, 0) is 0 Å². The van der Waals surface area contributed by atoms with E-state index in [0.29, 0.717) is 6.04 Å². The van der Waals surface area contributed by atoms with Gasteiger partial charge in [-0.05, 0) is 44.5 Å². The van der Waals surface area contributed by atoms with Gasteiger partial charge in [-0.1, -0.05) is 25.3 Å². The first kappa shape index (κ1) is 14.3. The number of nitrogens with one attached hydrogen (secondary N) is 1. The van der Waals surface area contributed by atoms with Gasteiger partial charge in [-0.2, -0.15) is 0 Å². The Morgan fingerprint density at radius 3 is 2.81 bits per heavy atom. The minimum atomic E-state index is 0.261. The van der Waals surface area contributed by atoms with Gasteiger partial charge in [0.05, 0.1) is 5.52 Å². The highest BCUT2D eigenvalue weighted by Crippen LogP contribution is 2.25. The van der Waals surface area contributed by atoms with Gasteiger partial charge < -0.3 is 10.1 Å². The second-order valence-corrected chi connectivity index (χ2v) is 5.90. The van der Waals surface area contributed by atoms with Gasteiger partial charge in [0, 0.05) is 23.7 Å². The zero-order chi connectivity index (χ0) is 14.5. The van der Waals surface area contributed by atoms with Crippen LogP contribution in [0.1, 0.15) is 38.5 Å². The molecule has 1 aromatic carbocycles. The summed E-state index contributed by atoms with van der Waals surface area (Å²) in [7, 11) is 2.05. The number of nitrogens with zero attached hydrogens (tertiary/aromatic N) is 1. The van der Waals surface area contributed by atoms with Gasteiger partial charge in [-0.3, -0.25) is 4.98 Å². The number of benzene rings is 1. The molecule has 2 unspecified atom stereocenters. The SMILES string of the molecule is CNC1CCCCCCC1Oc1ccc2cccnc2c1. The molecule has 1 aliphatic rings. The molecule has 1 aromatic heterocycles. The maximum atomic E-state index is 6.30. The molecule has 2 aromatic rings. The molecule has 2 atom stereocenters. The number of fused-ring (bicyclic) bond motifs is 1. The molecule has 1 heterocycles. The van der Waals surface area contributed by atoms with Crippen molar-refractivity contribution in [3.05, 3.63) is 36.5 Å². The van der Waals surface area contributed by atoms with Gasteiger partial charge in [0.1, 0.15) is 11.9 Å². The molecule has 1 fully saturated rings. The Morgan fingerprint density at radius 2 is 1.95 bits per heavy atom. The molecular formula is C18H24N2O. The Labute approximate surface area is 126 Å². The van der Waals surface area contributed by atoms with Crippen molar-refractivity contribution in [1.82, 2.24) is 10.3 Å². The van der Waals surface area contributed by atoms with Crippen LogP contribution in [0, 0.1) is 0 Å². The highest BCUT2D eigenvalue weighted by molar-refractivity contribution is 5.79. The van der Waals surface area contributed by atoms with Crippen molar-refractivity contribution in [3.63, 3.8) is 0 Å². The fourth-order valence-corrected chi connectivity index (χ4v) is 3.22. The highest BCUT2D eigenvalue weighted by atomic mass is 16.5. The first-order valence-corrected chi connectivity index (χ1v) is 8.05. The van der Waals surface area contributed by atoms with E-state index in [0.717, 1.165) is 23.1 Å². The maximum absolute atomic E-state index is 6.30. The molecule has 1 saturated carbocycles. The molecule has 0 aliphatic heterocycles. The zero-order valence-corrected chi connectivity index (χ0v) is 12.7. The van der Waals surface area contributed by atoms with E-state index in [9.17, 15) is 0 Å². The van der Waals surface area contributed by atoms with Crippen LogP contribution in [0.2, 0.25) is 0 Å². The van der Waals surface area contributed by atoms with Crippen LogP contribution >= 0.6 is 0 Å². The Bertz CT molecular complexity index is 584. The second-order valence-electron chi connectivity index (χ2n) is 5.90. The Kier molecular flexibility index (Phi) is 4.71. The third-order valence-electron chi connectivity index (χ3n) is 4.44. The minimum absolute atomic E-state index is 0.261. The van der Waals surface area contributed by atoms with Gasteiger partial charge in [-0.25, -0.2) is 0 Å². The molecule has 1 aliphatic carbocycles. The van der Waals surface area contributed by atoms with E-state index in [-0.39, 0.29) is 6.10 Å². The quantitative estimate of drug-likeness (QED) is 0.927. The number of rotatable bonds is 3. The van der Waals surface area contributed by atoms with Crippen molar-refractivity contribution in [1.29, 1.82) is 0 Å². The van der Waals surface area contributed by atoms with E-state index in [2.05, 4.69) is 34.6 Å². The zero-order valence-electron chi connectivity index (χ0n) is 12.7. The molecule has 0 amide bonds. The molecule has 0 radical (unpaired) electrons. The fourth-order valence-electron chi connectivity index (χ4n) is 3.22. The van der Waals surface area contributed by atoms with Crippen molar-refractivity contribution >= 4 is 10.9 Å². The first-order valence-electron chi connectivity index (χ1n) is 8.05. The van der Waals surface area contributed by atoms with Crippen LogP contribution in [0.15, 0.2) is 36.5 Å². The summed E-state index contributed by atoms with van der Waals surface area (Å²) in [5.74, 6) is 0.937. The van der Waals surface area contributed by atoms with Crippen molar-refractivity contribution in [2.75, 3.05) is 7.05 Å². The van der Waals surface area contributed by atoms with Crippen LogP contribution in [-0.4, -0.2) is 24.2 Å². The largest absolute Gasteiger partial charge is 0.489 e. The van der Waals surface area contributed by atoms with Gasteiger partial charge in [0.2, 0.25) is 0 Å². The van der Waals surface area contributed by atoms with Crippen molar-refractivity contribution in [2.24, 2.45) is 0 Å². The predicted molar refractivity (Wildman–Crippen MR) is 86.7 cm³/mol. The first-order chi connectivity index (χ1) is 10.4. The van der Waals surface area contributed by atoms with Gasteiger partial charge in [-0.15, -0.1) is 0 Å². The van der Waals surface area contributed by atoms with Crippen molar-refractivity contribution in [2.45, 2.75) is 50.7 Å². The number of likely N-dealkylation sites (N-methyl/N-ethyl adjacent to an activating group) is 1. The molecule has 1 N–H and O–H groups in total. The second kappa shape index (κ2) is 6.90. The monoisotopic (exact) mass is 284 g/mol. The summed E-state index contributed by atoms with van der Waals surface area (Å²) in [6.07, 6.45) is 9.66. The normalized spacial score (nSPS) is 23.5. The van der Waals surface area contributed by atoms with Gasteiger partial charge >= 0.3 is 0 Å². The average molecular weight is 284 g/mol. The number of aromatic nitrogens is 1. The van der Waals surface area contributed by atoms with E-state index in [4.69, 9.17) is 4.74 Å². The summed E-state index contributed by atoms with van der Waals surface area (Å²) >= 11 is 0. The van der Waals surface area contributed by atoms with E-state index in [1.807, 2.05) is 19.3 Å². The molecule has 3 nitrogen and oxygen atoms in total. The molecule has 0 saturated heterocycles. The van der Waals surface area contributed by atoms with E-state index in [1.54, 1.807) is 0 Å². The van der Waals surface area contributed by atoms with Crippen LogP contribution in [0.5, 0.6) is 5.75 Å². The van der Waals surface area contributed by atoms with Crippen molar-refractivity contribution < 1.29 is 4.74 Å². The third-order valence-corrected chi connectivity index (χ3v) is 4.44. The highest BCUT2D eigenvalue weighted by Gasteiger charge is 2.23. The lowest BCUT2D eigenvalue weighted by Crippen LogP contribution is -2.41. The number of pyridine rings is 1. The van der Waals surface area contributed by atoms with Gasteiger partial charge in [0.15, 0.2) is 0 Å². The molecule has 0 spiro atoms. The van der Waals surface area contributed by atoms with Crippen LogP contribution < -0.4 is 10.1 Å². The van der Waals surface area contributed by atoms with E-state index in [1.165, 1.54) is 32.1 Å². The summed E-state index contributed by atoms with van der Waals surface area (Å²) in [5.41, 5.74) is 1.00. The lowest BCUT2D eigenvalue weighted by Gasteiger charge is -2.29. The number of hydrogen-bond donors (Lipinski definition) is 1. The fraction of sp³-hybridized carbons (Fsp3) is 0.500.